The second-order valence-electron chi connectivity index (χ2n) is 5.06. The fourth-order valence-corrected chi connectivity index (χ4v) is 2.57. The van der Waals surface area contributed by atoms with Gasteiger partial charge in [0.25, 0.3) is 0 Å². The van der Waals surface area contributed by atoms with Crippen LogP contribution in [0.2, 0.25) is 0 Å². The number of ether oxygens (including phenoxy) is 1. The Bertz CT molecular complexity index is 665. The largest absolute Gasteiger partial charge is 0.484 e. The highest BCUT2D eigenvalue weighted by Crippen LogP contribution is 2.14. The van der Waals surface area contributed by atoms with E-state index in [0.29, 0.717) is 29.2 Å². The molecule has 4 nitrogen and oxygen atoms in total. The Balaban J connectivity index is 1.94. The molecule has 0 unspecified atom stereocenters. The lowest BCUT2D eigenvalue weighted by molar-refractivity contribution is 0.215. The SMILES string of the molecule is C/C(N)=C(\OCc1ccccc1)C(Br)=NCCc1ccncc1. The highest BCUT2D eigenvalue weighted by molar-refractivity contribution is 9.18. The number of allylic oxidation sites excluding steroid dienone is 2. The number of rotatable bonds is 7. The molecule has 1 aromatic heterocycles. The lowest BCUT2D eigenvalue weighted by atomic mass is 10.2. The molecule has 0 saturated heterocycles. The minimum atomic E-state index is 0.458. The van der Waals surface area contributed by atoms with Crippen LogP contribution in [-0.4, -0.2) is 16.1 Å². The lowest BCUT2D eigenvalue weighted by Gasteiger charge is -2.11. The van der Waals surface area contributed by atoms with Crippen LogP contribution in [0.25, 0.3) is 0 Å². The predicted octanol–water partition coefficient (Wildman–Crippen LogP) is 3.82. The minimum Gasteiger partial charge on any atom is -0.484 e. The molecule has 0 spiro atoms. The third-order valence-electron chi connectivity index (χ3n) is 3.17. The van der Waals surface area contributed by atoms with Gasteiger partial charge in [-0.15, -0.1) is 0 Å². The predicted molar refractivity (Wildman–Crippen MR) is 97.3 cm³/mol. The standard InChI is InChI=1S/C18H20BrN3O/c1-14(20)17(23-13-16-5-3-2-4-6-16)18(19)22-12-9-15-7-10-21-11-8-15/h2-8,10-11H,9,12-13,20H2,1H3/b17-14+,22-18?. The molecule has 0 radical (unpaired) electrons. The maximum atomic E-state index is 5.92. The van der Waals surface area contributed by atoms with E-state index in [-0.39, 0.29) is 0 Å². The summed E-state index contributed by atoms with van der Waals surface area (Å²) in [5.74, 6) is 0.587. The van der Waals surface area contributed by atoms with E-state index >= 15 is 0 Å². The fraction of sp³-hybridized carbons (Fsp3) is 0.222. The van der Waals surface area contributed by atoms with Gasteiger partial charge in [0.1, 0.15) is 11.2 Å². The number of pyridine rings is 1. The number of benzene rings is 1. The quantitative estimate of drug-likeness (QED) is 0.592. The molecule has 1 heterocycles. The van der Waals surface area contributed by atoms with E-state index in [1.165, 1.54) is 5.56 Å². The third-order valence-corrected chi connectivity index (χ3v) is 3.78. The Kier molecular flexibility index (Phi) is 6.81. The van der Waals surface area contributed by atoms with Crippen LogP contribution in [0.15, 0.2) is 71.3 Å². The summed E-state index contributed by atoms with van der Waals surface area (Å²) in [6.07, 6.45) is 4.41. The zero-order valence-electron chi connectivity index (χ0n) is 13.1. The van der Waals surface area contributed by atoms with Gasteiger partial charge in [0.05, 0.1) is 5.70 Å². The van der Waals surface area contributed by atoms with E-state index in [1.54, 1.807) is 19.3 Å². The zero-order chi connectivity index (χ0) is 16.5. The van der Waals surface area contributed by atoms with Crippen molar-refractivity contribution >= 4 is 20.6 Å². The molecule has 5 heteroatoms. The number of aromatic nitrogens is 1. The first-order chi connectivity index (χ1) is 11.2. The van der Waals surface area contributed by atoms with Crippen molar-refractivity contribution in [3.63, 3.8) is 0 Å². The van der Waals surface area contributed by atoms with Gasteiger partial charge >= 0.3 is 0 Å². The second-order valence-corrected chi connectivity index (χ2v) is 5.82. The summed E-state index contributed by atoms with van der Waals surface area (Å²) in [7, 11) is 0. The summed E-state index contributed by atoms with van der Waals surface area (Å²) < 4.78 is 6.46. The Morgan fingerprint density at radius 2 is 1.83 bits per heavy atom. The smallest absolute Gasteiger partial charge is 0.170 e. The molecule has 120 valence electrons. The molecule has 2 aromatic rings. The normalized spacial score (nSPS) is 12.7. The number of hydrogen-bond donors (Lipinski definition) is 1. The molecular weight excluding hydrogens is 354 g/mol. The van der Waals surface area contributed by atoms with E-state index < -0.39 is 0 Å². The first kappa shape index (κ1) is 17.2. The number of nitrogens with zero attached hydrogens (tertiary/aromatic N) is 2. The third kappa shape index (κ3) is 5.87. The van der Waals surface area contributed by atoms with Crippen LogP contribution in [0, 0.1) is 0 Å². The molecular formula is C18H20BrN3O. The van der Waals surface area contributed by atoms with Crippen LogP contribution in [-0.2, 0) is 17.8 Å². The average Bonchev–Trinajstić information content (AvgIpc) is 2.56. The zero-order valence-corrected chi connectivity index (χ0v) is 14.7. The summed E-state index contributed by atoms with van der Waals surface area (Å²) in [5.41, 5.74) is 8.80. The summed E-state index contributed by atoms with van der Waals surface area (Å²) in [4.78, 5) is 8.51. The highest BCUT2D eigenvalue weighted by atomic mass is 79.9. The van der Waals surface area contributed by atoms with E-state index in [2.05, 4.69) is 25.9 Å². The maximum Gasteiger partial charge on any atom is 0.170 e. The van der Waals surface area contributed by atoms with Crippen LogP contribution in [0.4, 0.5) is 0 Å². The lowest BCUT2D eigenvalue weighted by Crippen LogP contribution is -2.09. The van der Waals surface area contributed by atoms with Crippen LogP contribution < -0.4 is 5.73 Å². The molecule has 0 aliphatic rings. The van der Waals surface area contributed by atoms with Crippen molar-refractivity contribution in [3.8, 4) is 0 Å². The van der Waals surface area contributed by atoms with Gasteiger partial charge in [0.2, 0.25) is 0 Å². The molecule has 0 atom stereocenters. The summed E-state index contributed by atoms with van der Waals surface area (Å²) in [5, 5.41) is 0. The van der Waals surface area contributed by atoms with Crippen molar-refractivity contribution in [3.05, 3.63) is 77.4 Å². The molecule has 0 amide bonds. The van der Waals surface area contributed by atoms with E-state index in [0.717, 1.165) is 12.0 Å². The molecule has 2 N–H and O–H groups in total. The molecule has 0 aliphatic heterocycles. The van der Waals surface area contributed by atoms with Crippen molar-refractivity contribution in [1.82, 2.24) is 4.98 Å². The summed E-state index contributed by atoms with van der Waals surface area (Å²) in [6.45, 7) is 2.91. The maximum absolute atomic E-state index is 5.92. The van der Waals surface area contributed by atoms with Crippen molar-refractivity contribution in [2.75, 3.05) is 6.54 Å². The Morgan fingerprint density at radius 3 is 2.48 bits per heavy atom. The van der Waals surface area contributed by atoms with Gasteiger partial charge in [-0.05, 0) is 52.5 Å². The van der Waals surface area contributed by atoms with E-state index in [1.807, 2.05) is 42.5 Å². The number of hydrogen-bond acceptors (Lipinski definition) is 4. The van der Waals surface area contributed by atoms with Gasteiger partial charge in [0.15, 0.2) is 5.76 Å². The first-order valence-corrected chi connectivity index (χ1v) is 8.18. The van der Waals surface area contributed by atoms with Gasteiger partial charge in [-0.3, -0.25) is 9.98 Å². The Morgan fingerprint density at radius 1 is 1.13 bits per heavy atom. The molecule has 0 fully saturated rings. The van der Waals surface area contributed by atoms with Crippen molar-refractivity contribution in [2.45, 2.75) is 20.0 Å². The van der Waals surface area contributed by atoms with Gasteiger partial charge in [-0.2, -0.15) is 0 Å². The van der Waals surface area contributed by atoms with Crippen molar-refractivity contribution in [1.29, 1.82) is 0 Å². The Labute approximate surface area is 145 Å². The number of aliphatic imine (C=N–C) groups is 1. The van der Waals surface area contributed by atoms with Crippen molar-refractivity contribution in [2.24, 2.45) is 10.7 Å². The fourth-order valence-electron chi connectivity index (χ4n) is 1.97. The average molecular weight is 374 g/mol. The second kappa shape index (κ2) is 9.10. The molecule has 2 rings (SSSR count). The topological polar surface area (TPSA) is 60.5 Å². The minimum absolute atomic E-state index is 0.458. The van der Waals surface area contributed by atoms with Gasteiger partial charge in [-0.1, -0.05) is 30.3 Å². The first-order valence-electron chi connectivity index (χ1n) is 7.39. The van der Waals surface area contributed by atoms with Gasteiger partial charge < -0.3 is 10.5 Å². The van der Waals surface area contributed by atoms with E-state index in [9.17, 15) is 0 Å². The molecule has 23 heavy (non-hydrogen) atoms. The van der Waals surface area contributed by atoms with Crippen LogP contribution in [0.1, 0.15) is 18.1 Å². The van der Waals surface area contributed by atoms with E-state index in [4.69, 9.17) is 10.5 Å². The van der Waals surface area contributed by atoms with Crippen LogP contribution in [0.5, 0.6) is 0 Å². The van der Waals surface area contributed by atoms with Gasteiger partial charge in [-0.25, -0.2) is 0 Å². The monoisotopic (exact) mass is 373 g/mol. The number of nitrogens with two attached hydrogens (primary N) is 1. The molecule has 0 aliphatic carbocycles. The summed E-state index contributed by atoms with van der Waals surface area (Å²) >= 11 is 3.47. The summed E-state index contributed by atoms with van der Waals surface area (Å²) in [6, 6.07) is 13.9. The highest BCUT2D eigenvalue weighted by Gasteiger charge is 2.08. The number of halogens is 1. The van der Waals surface area contributed by atoms with Crippen LogP contribution in [0.3, 0.4) is 0 Å². The van der Waals surface area contributed by atoms with Crippen molar-refractivity contribution < 1.29 is 4.74 Å². The molecule has 0 saturated carbocycles. The molecule has 0 bridgehead atoms. The van der Waals surface area contributed by atoms with Gasteiger partial charge in [0, 0.05) is 18.9 Å². The Hall–Kier alpha value is -2.14. The van der Waals surface area contributed by atoms with Crippen LogP contribution >= 0.6 is 15.9 Å². The molecule has 1 aromatic carbocycles.